The predicted molar refractivity (Wildman–Crippen MR) is 130 cm³/mol. The van der Waals surface area contributed by atoms with E-state index in [0.717, 1.165) is 0 Å². The van der Waals surface area contributed by atoms with Gasteiger partial charge in [-0.15, -0.1) is 16.8 Å². The maximum absolute atomic E-state index is 12.5. The Kier molecular flexibility index (Phi) is 8.51. The van der Waals surface area contributed by atoms with E-state index in [1.807, 2.05) is 11.5 Å². The number of nitrogens with one attached hydrogen (secondary N) is 2. The minimum absolute atomic E-state index is 0.146. The van der Waals surface area contributed by atoms with E-state index >= 15 is 0 Å². The molecule has 2 N–H and O–H groups in total. The number of ether oxygens (including phenoxy) is 1. The van der Waals surface area contributed by atoms with Crippen LogP contribution in [-0.2, 0) is 11.3 Å². The van der Waals surface area contributed by atoms with Gasteiger partial charge in [0.2, 0.25) is 5.91 Å². The minimum atomic E-state index is -0.414. The highest BCUT2D eigenvalue weighted by Crippen LogP contribution is 2.22. The molecule has 8 nitrogen and oxygen atoms in total. The summed E-state index contributed by atoms with van der Waals surface area (Å²) in [6, 6.07) is 13.3. The van der Waals surface area contributed by atoms with Crippen molar-refractivity contribution in [3.05, 3.63) is 77.6 Å². The van der Waals surface area contributed by atoms with Crippen LogP contribution in [0.5, 0.6) is 5.75 Å². The molecule has 0 aliphatic heterocycles. The summed E-state index contributed by atoms with van der Waals surface area (Å²) in [5, 5.41) is 15.3. The molecular formula is C23H24ClN5O3S. The number of nitrogens with zero attached hydrogens (tertiary/aromatic N) is 3. The number of amides is 2. The Labute approximate surface area is 201 Å². The molecule has 3 aromatic rings. The summed E-state index contributed by atoms with van der Waals surface area (Å²) in [5.74, 6) is 0.997. The number of benzene rings is 2. The first-order chi connectivity index (χ1) is 15.9. The molecule has 2 amide bonds. The lowest BCUT2D eigenvalue weighted by Crippen LogP contribution is -2.28. The molecule has 0 radical (unpaired) electrons. The summed E-state index contributed by atoms with van der Waals surface area (Å²) in [4.78, 5) is 24.9. The van der Waals surface area contributed by atoms with Crippen molar-refractivity contribution >= 4 is 40.9 Å². The summed E-state index contributed by atoms with van der Waals surface area (Å²) >= 11 is 7.14. The van der Waals surface area contributed by atoms with Crippen LogP contribution in [0.4, 0.5) is 5.69 Å². The molecule has 0 spiro atoms. The standard InChI is InChI=1S/C23H24ClN5O3S/c1-4-13-29-21(15(2)25-22(31)16-5-7-17(24)8-6-16)27-28-23(29)33-14-20(30)26-18-9-11-19(32-3)12-10-18/h4-12,15H,1,13-14H2,2-3H3,(H,25,31)(H,26,30)/t15-/m1/s1. The van der Waals surface area contributed by atoms with Crippen LogP contribution in [0, 0.1) is 0 Å². The first-order valence-corrected chi connectivity index (χ1v) is 11.4. The fourth-order valence-corrected chi connectivity index (χ4v) is 3.86. The Morgan fingerprint density at radius 3 is 2.52 bits per heavy atom. The molecule has 2 aromatic carbocycles. The number of halogens is 1. The number of aromatic nitrogens is 3. The number of allylic oxidation sites excluding steroid dienone is 1. The van der Waals surface area contributed by atoms with Gasteiger partial charge in [-0.05, 0) is 55.5 Å². The van der Waals surface area contributed by atoms with Crippen molar-refractivity contribution in [2.75, 3.05) is 18.2 Å². The monoisotopic (exact) mass is 485 g/mol. The second kappa shape index (κ2) is 11.5. The minimum Gasteiger partial charge on any atom is -0.497 e. The highest BCUT2D eigenvalue weighted by Gasteiger charge is 2.20. The normalized spacial score (nSPS) is 11.5. The Balaban J connectivity index is 1.64. The lowest BCUT2D eigenvalue weighted by molar-refractivity contribution is -0.113. The molecule has 0 fully saturated rings. The lowest BCUT2D eigenvalue weighted by atomic mass is 10.2. The van der Waals surface area contributed by atoms with Crippen molar-refractivity contribution in [3.8, 4) is 5.75 Å². The van der Waals surface area contributed by atoms with Crippen molar-refractivity contribution in [1.82, 2.24) is 20.1 Å². The highest BCUT2D eigenvalue weighted by molar-refractivity contribution is 7.99. The molecule has 0 saturated carbocycles. The molecule has 33 heavy (non-hydrogen) atoms. The van der Waals surface area contributed by atoms with E-state index in [0.29, 0.717) is 39.5 Å². The van der Waals surface area contributed by atoms with Gasteiger partial charge in [-0.1, -0.05) is 29.4 Å². The van der Waals surface area contributed by atoms with Crippen LogP contribution in [0.1, 0.15) is 29.1 Å². The smallest absolute Gasteiger partial charge is 0.251 e. The third-order valence-corrected chi connectivity index (χ3v) is 5.82. The third kappa shape index (κ3) is 6.59. The van der Waals surface area contributed by atoms with Gasteiger partial charge >= 0.3 is 0 Å². The van der Waals surface area contributed by atoms with Crippen molar-refractivity contribution in [2.24, 2.45) is 0 Å². The zero-order valence-electron chi connectivity index (χ0n) is 18.2. The summed E-state index contributed by atoms with van der Waals surface area (Å²) in [5.41, 5.74) is 1.17. The lowest BCUT2D eigenvalue weighted by Gasteiger charge is -2.15. The fraction of sp³-hybridized carbons (Fsp3) is 0.217. The zero-order valence-corrected chi connectivity index (χ0v) is 19.8. The molecular weight excluding hydrogens is 462 g/mol. The fourth-order valence-electron chi connectivity index (χ4n) is 2.98. The molecule has 1 atom stereocenters. The molecule has 0 saturated heterocycles. The number of anilines is 1. The average Bonchev–Trinajstić information content (AvgIpc) is 3.21. The Bertz CT molecular complexity index is 1120. The maximum atomic E-state index is 12.5. The van der Waals surface area contributed by atoms with Crippen LogP contribution in [0.15, 0.2) is 66.3 Å². The molecule has 1 aromatic heterocycles. The van der Waals surface area contributed by atoms with Crippen LogP contribution in [0.3, 0.4) is 0 Å². The van der Waals surface area contributed by atoms with E-state index < -0.39 is 6.04 Å². The van der Waals surface area contributed by atoms with Gasteiger partial charge in [0.1, 0.15) is 5.75 Å². The van der Waals surface area contributed by atoms with Crippen LogP contribution in [-0.4, -0.2) is 39.4 Å². The van der Waals surface area contributed by atoms with Gasteiger partial charge in [0.15, 0.2) is 11.0 Å². The second-order valence-corrected chi connectivity index (χ2v) is 8.39. The van der Waals surface area contributed by atoms with E-state index in [4.69, 9.17) is 16.3 Å². The van der Waals surface area contributed by atoms with Crippen molar-refractivity contribution < 1.29 is 14.3 Å². The van der Waals surface area contributed by atoms with Crippen LogP contribution >= 0.6 is 23.4 Å². The van der Waals surface area contributed by atoms with Crippen molar-refractivity contribution in [2.45, 2.75) is 24.7 Å². The predicted octanol–water partition coefficient (Wildman–Crippen LogP) is 4.35. The largest absolute Gasteiger partial charge is 0.497 e. The van der Waals surface area contributed by atoms with Gasteiger partial charge in [0, 0.05) is 22.8 Å². The molecule has 0 aliphatic carbocycles. The van der Waals surface area contributed by atoms with Gasteiger partial charge in [0.05, 0.1) is 18.9 Å². The number of hydrogen-bond donors (Lipinski definition) is 2. The Hall–Kier alpha value is -3.30. The summed E-state index contributed by atoms with van der Waals surface area (Å²) < 4.78 is 6.94. The van der Waals surface area contributed by atoms with Gasteiger partial charge < -0.3 is 19.9 Å². The van der Waals surface area contributed by atoms with Gasteiger partial charge in [-0.25, -0.2) is 0 Å². The summed E-state index contributed by atoms with van der Waals surface area (Å²) in [6.45, 7) is 6.04. The first kappa shape index (κ1) is 24.3. The number of carbonyl (C=O) groups is 2. The number of methoxy groups -OCH3 is 1. The number of thioether (sulfide) groups is 1. The topological polar surface area (TPSA) is 98.1 Å². The first-order valence-electron chi connectivity index (χ1n) is 10.1. The Morgan fingerprint density at radius 1 is 1.18 bits per heavy atom. The number of hydrogen-bond acceptors (Lipinski definition) is 6. The number of rotatable bonds is 10. The van der Waals surface area contributed by atoms with Gasteiger partial charge in [-0.2, -0.15) is 0 Å². The average molecular weight is 486 g/mol. The Morgan fingerprint density at radius 2 is 1.88 bits per heavy atom. The maximum Gasteiger partial charge on any atom is 0.251 e. The number of carbonyl (C=O) groups excluding carboxylic acids is 2. The van der Waals surface area contributed by atoms with Crippen LogP contribution in [0.2, 0.25) is 5.02 Å². The van der Waals surface area contributed by atoms with E-state index in [1.54, 1.807) is 61.7 Å². The summed E-state index contributed by atoms with van der Waals surface area (Å²) in [7, 11) is 1.59. The van der Waals surface area contributed by atoms with E-state index in [-0.39, 0.29) is 17.6 Å². The molecule has 1 heterocycles. The molecule has 0 bridgehead atoms. The van der Waals surface area contributed by atoms with Gasteiger partial charge in [-0.3, -0.25) is 9.59 Å². The zero-order chi connectivity index (χ0) is 23.8. The quantitative estimate of drug-likeness (QED) is 0.327. The van der Waals surface area contributed by atoms with Crippen molar-refractivity contribution in [3.63, 3.8) is 0 Å². The van der Waals surface area contributed by atoms with E-state index in [2.05, 4.69) is 27.4 Å². The molecule has 0 unspecified atom stereocenters. The molecule has 0 aliphatic rings. The van der Waals surface area contributed by atoms with Crippen LogP contribution in [0.25, 0.3) is 0 Å². The van der Waals surface area contributed by atoms with Crippen molar-refractivity contribution in [1.29, 1.82) is 0 Å². The molecule has 10 heteroatoms. The third-order valence-electron chi connectivity index (χ3n) is 4.60. The van der Waals surface area contributed by atoms with Crippen LogP contribution < -0.4 is 15.4 Å². The molecule has 3 rings (SSSR count). The van der Waals surface area contributed by atoms with E-state index in [1.165, 1.54) is 11.8 Å². The highest BCUT2D eigenvalue weighted by atomic mass is 35.5. The molecule has 172 valence electrons. The van der Waals surface area contributed by atoms with Gasteiger partial charge in [0.25, 0.3) is 5.91 Å². The second-order valence-electron chi connectivity index (χ2n) is 7.01. The van der Waals surface area contributed by atoms with E-state index in [9.17, 15) is 9.59 Å². The SMILES string of the molecule is C=CCn1c(SCC(=O)Nc2ccc(OC)cc2)nnc1[C@@H](C)NC(=O)c1ccc(Cl)cc1. The summed E-state index contributed by atoms with van der Waals surface area (Å²) in [6.07, 6.45) is 1.71.